The van der Waals surface area contributed by atoms with Crippen LogP contribution in [0, 0.1) is 5.92 Å². The Labute approximate surface area is 84.1 Å². The van der Waals surface area contributed by atoms with Crippen molar-refractivity contribution in [3.8, 4) is 0 Å². The predicted octanol–water partition coefficient (Wildman–Crippen LogP) is 3.75. The van der Waals surface area contributed by atoms with E-state index in [0.717, 1.165) is 26.4 Å². The summed E-state index contributed by atoms with van der Waals surface area (Å²) in [6.45, 7) is 4.05. The first kappa shape index (κ1) is 11.6. The van der Waals surface area contributed by atoms with Gasteiger partial charge in [0, 0.05) is 13.0 Å². The molecule has 0 N–H and O–H groups in total. The Kier molecular flexibility index (Phi) is 4.52. The van der Waals surface area contributed by atoms with E-state index in [1.807, 2.05) is 0 Å². The summed E-state index contributed by atoms with van der Waals surface area (Å²) in [6.07, 6.45) is 2.99. The Bertz CT molecular complexity index is 201. The Balaban J connectivity index is 2.23. The van der Waals surface area contributed by atoms with E-state index >= 15 is 0 Å². The molecule has 1 heterocycles. The van der Waals surface area contributed by atoms with Crippen LogP contribution in [0.1, 0.15) is 39.5 Å². The van der Waals surface area contributed by atoms with Crippen molar-refractivity contribution < 1.29 is 13.5 Å². The highest BCUT2D eigenvalue weighted by Crippen LogP contribution is 2.24. The van der Waals surface area contributed by atoms with Crippen LogP contribution < -0.4 is 0 Å². The van der Waals surface area contributed by atoms with Crippen molar-refractivity contribution in [1.29, 1.82) is 0 Å². The number of hydrogen-bond donors (Lipinski definition) is 0. The summed E-state index contributed by atoms with van der Waals surface area (Å²) in [5.41, 5.74) is 0. The molecule has 0 spiro atoms. The summed E-state index contributed by atoms with van der Waals surface area (Å²) in [5.74, 6) is -0.726. The van der Waals surface area contributed by atoms with Gasteiger partial charge >= 0.3 is 0 Å². The molecule has 1 saturated heterocycles. The second kappa shape index (κ2) is 5.44. The maximum absolute atomic E-state index is 12.8. The van der Waals surface area contributed by atoms with Crippen LogP contribution in [0.5, 0.6) is 0 Å². The van der Waals surface area contributed by atoms with Gasteiger partial charge in [0.15, 0.2) is 0 Å². The van der Waals surface area contributed by atoms with Gasteiger partial charge in [0.25, 0.3) is 0 Å². The van der Waals surface area contributed by atoms with E-state index in [9.17, 15) is 8.78 Å². The average molecular weight is 204 g/mol. The van der Waals surface area contributed by atoms with Gasteiger partial charge in [-0.15, -0.1) is 0 Å². The molecule has 0 amide bonds. The average Bonchev–Trinajstić information content (AvgIpc) is 2.16. The zero-order valence-electron chi connectivity index (χ0n) is 8.85. The normalized spacial score (nSPS) is 30.0. The molecule has 1 aliphatic heterocycles. The van der Waals surface area contributed by atoms with Crippen molar-refractivity contribution in [1.82, 2.24) is 0 Å². The lowest BCUT2D eigenvalue weighted by Gasteiger charge is -2.26. The van der Waals surface area contributed by atoms with E-state index < -0.39 is 11.7 Å². The maximum atomic E-state index is 12.8. The molecule has 2 unspecified atom stereocenters. The van der Waals surface area contributed by atoms with Crippen LogP contribution in [-0.4, -0.2) is 12.7 Å². The molecule has 82 valence electrons. The third-order valence-electron chi connectivity index (χ3n) is 2.66. The zero-order chi connectivity index (χ0) is 10.6. The van der Waals surface area contributed by atoms with Gasteiger partial charge in [0.05, 0.1) is 6.10 Å². The first-order valence-electron chi connectivity index (χ1n) is 5.22. The molecule has 1 fully saturated rings. The standard InChI is InChI=1S/C11H18F2O/c1-8-3-4-10(14-7-8)5-6-11(13)9(2)12/h8,10H,3-7H2,1-2H3/b11-9+. The lowest BCUT2D eigenvalue weighted by atomic mass is 9.98. The summed E-state index contributed by atoms with van der Waals surface area (Å²) >= 11 is 0. The number of hydrogen-bond acceptors (Lipinski definition) is 1. The number of allylic oxidation sites excluding steroid dienone is 2. The fourth-order valence-electron chi connectivity index (χ4n) is 1.63. The molecule has 0 aromatic heterocycles. The first-order chi connectivity index (χ1) is 6.59. The molecule has 0 aromatic carbocycles. The van der Waals surface area contributed by atoms with E-state index in [1.165, 1.54) is 0 Å². The van der Waals surface area contributed by atoms with Gasteiger partial charge in [-0.3, -0.25) is 0 Å². The Morgan fingerprint density at radius 2 is 2.07 bits per heavy atom. The van der Waals surface area contributed by atoms with Crippen molar-refractivity contribution in [2.45, 2.75) is 45.6 Å². The summed E-state index contributed by atoms with van der Waals surface area (Å²) < 4.78 is 30.7. The third-order valence-corrected chi connectivity index (χ3v) is 2.66. The van der Waals surface area contributed by atoms with Gasteiger partial charge in [0.2, 0.25) is 0 Å². The van der Waals surface area contributed by atoms with Crippen LogP contribution >= 0.6 is 0 Å². The molecule has 0 bridgehead atoms. The largest absolute Gasteiger partial charge is 0.378 e. The van der Waals surface area contributed by atoms with Crippen LogP contribution in [0.25, 0.3) is 0 Å². The number of halogens is 2. The van der Waals surface area contributed by atoms with Gasteiger partial charge in [-0.25, -0.2) is 8.78 Å². The van der Waals surface area contributed by atoms with Crippen molar-refractivity contribution in [3.63, 3.8) is 0 Å². The lowest BCUT2D eigenvalue weighted by molar-refractivity contribution is -0.0154. The van der Waals surface area contributed by atoms with Crippen molar-refractivity contribution >= 4 is 0 Å². The molecule has 0 aliphatic carbocycles. The van der Waals surface area contributed by atoms with E-state index in [0.29, 0.717) is 12.3 Å². The van der Waals surface area contributed by atoms with Gasteiger partial charge in [-0.2, -0.15) is 0 Å². The summed E-state index contributed by atoms with van der Waals surface area (Å²) in [4.78, 5) is 0. The van der Waals surface area contributed by atoms with Crippen LogP contribution in [-0.2, 0) is 4.74 Å². The molecule has 2 atom stereocenters. The quantitative estimate of drug-likeness (QED) is 0.680. The minimum atomic E-state index is -0.700. The second-order valence-corrected chi connectivity index (χ2v) is 4.11. The van der Waals surface area contributed by atoms with Crippen LogP contribution in [0.3, 0.4) is 0 Å². The molecule has 0 radical (unpaired) electrons. The Hall–Kier alpha value is -0.440. The molecule has 3 heteroatoms. The fraction of sp³-hybridized carbons (Fsp3) is 0.818. The van der Waals surface area contributed by atoms with E-state index in [4.69, 9.17) is 4.74 Å². The fourth-order valence-corrected chi connectivity index (χ4v) is 1.63. The second-order valence-electron chi connectivity index (χ2n) is 4.11. The zero-order valence-corrected chi connectivity index (χ0v) is 8.85. The van der Waals surface area contributed by atoms with E-state index in [1.54, 1.807) is 0 Å². The van der Waals surface area contributed by atoms with Gasteiger partial charge in [-0.1, -0.05) is 6.92 Å². The first-order valence-corrected chi connectivity index (χ1v) is 5.22. The van der Waals surface area contributed by atoms with Crippen LogP contribution in [0.15, 0.2) is 11.7 Å². The summed E-state index contributed by atoms with van der Waals surface area (Å²) in [7, 11) is 0. The van der Waals surface area contributed by atoms with Crippen LogP contribution in [0.2, 0.25) is 0 Å². The summed E-state index contributed by atoms with van der Waals surface area (Å²) in [6, 6.07) is 0. The van der Waals surface area contributed by atoms with Crippen molar-refractivity contribution in [3.05, 3.63) is 11.7 Å². The highest BCUT2D eigenvalue weighted by Gasteiger charge is 2.19. The van der Waals surface area contributed by atoms with Crippen molar-refractivity contribution in [2.24, 2.45) is 5.92 Å². The van der Waals surface area contributed by atoms with Gasteiger partial charge < -0.3 is 4.74 Å². The third kappa shape index (κ3) is 3.74. The predicted molar refractivity (Wildman–Crippen MR) is 52.3 cm³/mol. The van der Waals surface area contributed by atoms with E-state index in [2.05, 4.69) is 6.92 Å². The van der Waals surface area contributed by atoms with Crippen molar-refractivity contribution in [2.75, 3.05) is 6.61 Å². The highest BCUT2D eigenvalue weighted by atomic mass is 19.2. The highest BCUT2D eigenvalue weighted by molar-refractivity contribution is 4.96. The SMILES string of the molecule is C/C(F)=C(\F)CCC1CCC(C)CO1. The monoisotopic (exact) mass is 204 g/mol. The van der Waals surface area contributed by atoms with Crippen LogP contribution in [0.4, 0.5) is 8.78 Å². The summed E-state index contributed by atoms with van der Waals surface area (Å²) in [5, 5.41) is 0. The minimum Gasteiger partial charge on any atom is -0.378 e. The minimum absolute atomic E-state index is 0.122. The van der Waals surface area contributed by atoms with Gasteiger partial charge in [0.1, 0.15) is 11.7 Å². The van der Waals surface area contributed by atoms with E-state index in [-0.39, 0.29) is 12.5 Å². The number of ether oxygens (including phenoxy) is 1. The molecule has 0 saturated carbocycles. The molecule has 0 aromatic rings. The lowest BCUT2D eigenvalue weighted by Crippen LogP contribution is -2.24. The topological polar surface area (TPSA) is 9.23 Å². The Morgan fingerprint density at radius 3 is 2.57 bits per heavy atom. The number of rotatable bonds is 3. The molecular formula is C11H18F2O. The molecule has 1 rings (SSSR count). The molecule has 14 heavy (non-hydrogen) atoms. The smallest absolute Gasteiger partial charge is 0.131 e. The molecule has 1 aliphatic rings. The molecular weight excluding hydrogens is 186 g/mol. The maximum Gasteiger partial charge on any atom is 0.131 e. The Morgan fingerprint density at radius 1 is 1.36 bits per heavy atom. The molecule has 1 nitrogen and oxygen atoms in total. The van der Waals surface area contributed by atoms with Gasteiger partial charge in [-0.05, 0) is 32.1 Å².